The molecule has 1 aliphatic rings. The molecule has 1 aromatic rings. The molecule has 2 unspecified atom stereocenters. The molecule has 6 heteroatoms. The molecule has 3 N–H and O–H groups in total. The number of aromatic nitrogens is 2. The molecule has 0 aromatic carbocycles. The van der Waals surface area contributed by atoms with Crippen molar-refractivity contribution in [2.24, 2.45) is 5.73 Å². The van der Waals surface area contributed by atoms with Crippen LogP contribution in [0.25, 0.3) is 0 Å². The first-order valence-electron chi connectivity index (χ1n) is 5.09. The van der Waals surface area contributed by atoms with E-state index >= 15 is 0 Å². The highest BCUT2D eigenvalue weighted by Crippen LogP contribution is 2.23. The first-order chi connectivity index (χ1) is 7.31. The Hall–Kier alpha value is -0.980. The van der Waals surface area contributed by atoms with Crippen LogP contribution in [0.1, 0.15) is 36.5 Å². The van der Waals surface area contributed by atoms with Crippen molar-refractivity contribution >= 4 is 0 Å². The maximum absolute atomic E-state index is 8.83. The quantitative estimate of drug-likeness (QED) is 0.731. The van der Waals surface area contributed by atoms with Gasteiger partial charge in [-0.3, -0.25) is 0 Å². The van der Waals surface area contributed by atoms with Crippen molar-refractivity contribution in [2.45, 2.75) is 24.8 Å². The maximum atomic E-state index is 8.83. The van der Waals surface area contributed by atoms with Crippen molar-refractivity contribution in [3.8, 4) is 0 Å². The standard InChI is InChI=1S/C9H15N3O3/c10-7(4-13)9-11-8(12-15-9)6-2-1-3-14-5-6/h6-7,13H,1-5,10H2. The molecular weight excluding hydrogens is 198 g/mol. The number of hydrogen-bond donors (Lipinski definition) is 2. The Labute approximate surface area is 87.4 Å². The third-order valence-electron chi connectivity index (χ3n) is 2.50. The van der Waals surface area contributed by atoms with Crippen molar-refractivity contribution in [1.82, 2.24) is 10.1 Å². The van der Waals surface area contributed by atoms with Crippen molar-refractivity contribution < 1.29 is 14.4 Å². The predicted octanol–water partition coefficient (Wildman–Crippen LogP) is -0.0443. The molecule has 15 heavy (non-hydrogen) atoms. The molecule has 0 bridgehead atoms. The summed E-state index contributed by atoms with van der Waals surface area (Å²) in [5.41, 5.74) is 5.56. The predicted molar refractivity (Wildman–Crippen MR) is 51.1 cm³/mol. The fourth-order valence-electron chi connectivity index (χ4n) is 1.59. The van der Waals surface area contributed by atoms with Crippen LogP contribution in [0.2, 0.25) is 0 Å². The average Bonchev–Trinajstić information content (AvgIpc) is 2.78. The topological polar surface area (TPSA) is 94.4 Å². The molecule has 0 spiro atoms. The highest BCUT2D eigenvalue weighted by Gasteiger charge is 2.23. The zero-order valence-electron chi connectivity index (χ0n) is 8.43. The van der Waals surface area contributed by atoms with Crippen LogP contribution in [0.5, 0.6) is 0 Å². The summed E-state index contributed by atoms with van der Waals surface area (Å²) in [6.07, 6.45) is 2.02. The first kappa shape index (κ1) is 10.5. The smallest absolute Gasteiger partial charge is 0.245 e. The van der Waals surface area contributed by atoms with Crippen molar-refractivity contribution in [1.29, 1.82) is 0 Å². The number of aliphatic hydroxyl groups is 1. The summed E-state index contributed by atoms with van der Waals surface area (Å²) in [7, 11) is 0. The van der Waals surface area contributed by atoms with Crippen molar-refractivity contribution in [3.63, 3.8) is 0 Å². The van der Waals surface area contributed by atoms with Gasteiger partial charge in [-0.05, 0) is 12.8 Å². The lowest BCUT2D eigenvalue weighted by atomic mass is 10.0. The van der Waals surface area contributed by atoms with Crippen LogP contribution in [-0.2, 0) is 4.74 Å². The maximum Gasteiger partial charge on any atom is 0.245 e. The second-order valence-corrected chi connectivity index (χ2v) is 3.69. The monoisotopic (exact) mass is 213 g/mol. The Morgan fingerprint density at radius 2 is 2.47 bits per heavy atom. The second kappa shape index (κ2) is 4.69. The van der Waals surface area contributed by atoms with Crippen LogP contribution in [0.3, 0.4) is 0 Å². The largest absolute Gasteiger partial charge is 0.394 e. The number of ether oxygens (including phenoxy) is 1. The molecule has 1 saturated heterocycles. The van der Waals surface area contributed by atoms with Crippen LogP contribution in [0, 0.1) is 0 Å². The third kappa shape index (κ3) is 2.34. The van der Waals surface area contributed by atoms with E-state index in [-0.39, 0.29) is 18.4 Å². The zero-order valence-corrected chi connectivity index (χ0v) is 8.43. The second-order valence-electron chi connectivity index (χ2n) is 3.69. The molecule has 2 rings (SSSR count). The van der Waals surface area contributed by atoms with Crippen molar-refractivity contribution in [3.05, 3.63) is 11.7 Å². The van der Waals surface area contributed by atoms with Gasteiger partial charge in [-0.1, -0.05) is 5.16 Å². The molecule has 0 radical (unpaired) electrons. The van der Waals surface area contributed by atoms with E-state index in [1.54, 1.807) is 0 Å². The molecule has 2 atom stereocenters. The Balaban J connectivity index is 2.05. The molecule has 1 aromatic heterocycles. The third-order valence-corrected chi connectivity index (χ3v) is 2.50. The molecule has 0 saturated carbocycles. The lowest BCUT2D eigenvalue weighted by Crippen LogP contribution is -2.18. The molecule has 0 aliphatic carbocycles. The Kier molecular flexibility index (Phi) is 3.30. The normalized spacial score (nSPS) is 24.0. The van der Waals surface area contributed by atoms with Crippen LogP contribution in [-0.4, -0.2) is 35.1 Å². The Morgan fingerprint density at radius 3 is 3.13 bits per heavy atom. The molecule has 2 heterocycles. The molecule has 6 nitrogen and oxygen atoms in total. The number of rotatable bonds is 3. The summed E-state index contributed by atoms with van der Waals surface area (Å²) < 4.78 is 10.3. The Morgan fingerprint density at radius 1 is 1.60 bits per heavy atom. The minimum Gasteiger partial charge on any atom is -0.394 e. The highest BCUT2D eigenvalue weighted by atomic mass is 16.5. The number of hydrogen-bond acceptors (Lipinski definition) is 6. The van der Waals surface area contributed by atoms with Crippen LogP contribution >= 0.6 is 0 Å². The van der Waals surface area contributed by atoms with E-state index in [4.69, 9.17) is 20.1 Å². The van der Waals surface area contributed by atoms with Gasteiger partial charge in [-0.25, -0.2) is 0 Å². The van der Waals surface area contributed by atoms with E-state index in [1.165, 1.54) is 0 Å². The Bertz CT molecular complexity index is 309. The molecule has 1 fully saturated rings. The van der Waals surface area contributed by atoms with E-state index in [0.29, 0.717) is 12.4 Å². The van der Waals surface area contributed by atoms with E-state index in [1.807, 2.05) is 0 Å². The van der Waals surface area contributed by atoms with Crippen LogP contribution < -0.4 is 5.73 Å². The van der Waals surface area contributed by atoms with Gasteiger partial charge in [0.1, 0.15) is 6.04 Å². The fraction of sp³-hybridized carbons (Fsp3) is 0.778. The van der Waals surface area contributed by atoms with Gasteiger partial charge in [0.2, 0.25) is 5.89 Å². The number of nitrogens with zero attached hydrogens (tertiary/aromatic N) is 2. The van der Waals surface area contributed by atoms with Gasteiger partial charge in [0.25, 0.3) is 0 Å². The summed E-state index contributed by atoms with van der Waals surface area (Å²) in [6, 6.07) is -0.587. The summed E-state index contributed by atoms with van der Waals surface area (Å²) in [4.78, 5) is 4.16. The molecule has 1 aliphatic heterocycles. The van der Waals surface area contributed by atoms with Gasteiger partial charge in [-0.2, -0.15) is 4.98 Å². The lowest BCUT2D eigenvalue weighted by Gasteiger charge is -2.18. The van der Waals surface area contributed by atoms with Crippen LogP contribution in [0.15, 0.2) is 4.52 Å². The number of aliphatic hydroxyl groups excluding tert-OH is 1. The van der Waals surface area contributed by atoms with E-state index in [9.17, 15) is 0 Å². The molecule has 0 amide bonds. The summed E-state index contributed by atoms with van der Waals surface area (Å²) >= 11 is 0. The number of nitrogens with two attached hydrogens (primary N) is 1. The van der Waals surface area contributed by atoms with Gasteiger partial charge in [0.05, 0.1) is 13.2 Å². The van der Waals surface area contributed by atoms with Gasteiger partial charge in [-0.15, -0.1) is 0 Å². The first-order valence-corrected chi connectivity index (χ1v) is 5.09. The van der Waals surface area contributed by atoms with Gasteiger partial charge in [0, 0.05) is 12.5 Å². The minimum atomic E-state index is -0.587. The molecule has 84 valence electrons. The van der Waals surface area contributed by atoms with E-state index < -0.39 is 6.04 Å². The summed E-state index contributed by atoms with van der Waals surface area (Å²) in [5.74, 6) is 1.12. The van der Waals surface area contributed by atoms with Gasteiger partial charge >= 0.3 is 0 Å². The van der Waals surface area contributed by atoms with E-state index in [0.717, 1.165) is 19.4 Å². The highest BCUT2D eigenvalue weighted by molar-refractivity contribution is 4.99. The SMILES string of the molecule is NC(CO)c1nc(C2CCCOC2)no1. The fourth-order valence-corrected chi connectivity index (χ4v) is 1.59. The lowest BCUT2D eigenvalue weighted by molar-refractivity contribution is 0.0773. The van der Waals surface area contributed by atoms with Crippen LogP contribution in [0.4, 0.5) is 0 Å². The minimum absolute atomic E-state index is 0.192. The zero-order chi connectivity index (χ0) is 10.7. The summed E-state index contributed by atoms with van der Waals surface area (Å²) in [6.45, 7) is 1.24. The molecular formula is C9H15N3O3. The van der Waals surface area contributed by atoms with Gasteiger partial charge < -0.3 is 20.1 Å². The van der Waals surface area contributed by atoms with Crippen molar-refractivity contribution in [2.75, 3.05) is 19.8 Å². The average molecular weight is 213 g/mol. The van der Waals surface area contributed by atoms with E-state index in [2.05, 4.69) is 10.1 Å². The summed E-state index contributed by atoms with van der Waals surface area (Å²) in [5, 5.41) is 12.7. The van der Waals surface area contributed by atoms with Gasteiger partial charge in [0.15, 0.2) is 5.82 Å².